The van der Waals surface area contributed by atoms with Crippen molar-refractivity contribution < 1.29 is 13.6 Å². The first-order valence-electron chi connectivity index (χ1n) is 7.58. The Morgan fingerprint density at radius 3 is 2.87 bits per heavy atom. The van der Waals surface area contributed by atoms with Crippen LogP contribution in [0.2, 0.25) is 0 Å². The summed E-state index contributed by atoms with van der Waals surface area (Å²) in [5.41, 5.74) is 0.467. The number of halogens is 2. The maximum absolute atomic E-state index is 13.3. The molecule has 1 amide bonds. The summed E-state index contributed by atoms with van der Waals surface area (Å²) in [5.74, 6) is -1.97. The van der Waals surface area contributed by atoms with Crippen LogP contribution in [0.4, 0.5) is 8.78 Å². The van der Waals surface area contributed by atoms with Crippen LogP contribution in [-0.4, -0.2) is 29.0 Å². The molecule has 2 fully saturated rings. The molecule has 0 radical (unpaired) electrons. The molecule has 3 heterocycles. The van der Waals surface area contributed by atoms with Crippen molar-refractivity contribution in [1.82, 2.24) is 15.6 Å². The van der Waals surface area contributed by atoms with E-state index in [1.54, 1.807) is 0 Å². The maximum atomic E-state index is 13.3. The topological polar surface area (TPSA) is 54.0 Å². The number of nitrogens with zero attached hydrogens (tertiary/aromatic N) is 1. The van der Waals surface area contributed by atoms with Crippen LogP contribution in [0.3, 0.4) is 0 Å². The molecule has 2 N–H and O–H groups in total. The van der Waals surface area contributed by atoms with Gasteiger partial charge in [0, 0.05) is 23.7 Å². The Balaban J connectivity index is 1.48. The first kappa shape index (κ1) is 14.7. The summed E-state index contributed by atoms with van der Waals surface area (Å²) in [5, 5.41) is 7.02. The Hall–Kier alpha value is -1.86. The van der Waals surface area contributed by atoms with Gasteiger partial charge in [0.2, 0.25) is 0 Å². The number of benzene rings is 1. The first-order chi connectivity index (χ1) is 11.1. The van der Waals surface area contributed by atoms with Crippen molar-refractivity contribution in [2.45, 2.75) is 37.4 Å². The van der Waals surface area contributed by atoms with E-state index >= 15 is 0 Å². The van der Waals surface area contributed by atoms with E-state index in [2.05, 4.69) is 15.6 Å². The molecule has 120 valence electrons. The van der Waals surface area contributed by atoms with Crippen LogP contribution in [0.15, 0.2) is 24.4 Å². The van der Waals surface area contributed by atoms with Gasteiger partial charge in [0.25, 0.3) is 5.91 Å². The summed E-state index contributed by atoms with van der Waals surface area (Å²) in [7, 11) is 0. The van der Waals surface area contributed by atoms with E-state index in [4.69, 9.17) is 0 Å². The highest BCUT2D eigenvalue weighted by molar-refractivity contribution is 7.16. The molecule has 0 unspecified atom stereocenters. The normalized spacial score (nSPS) is 25.7. The van der Waals surface area contributed by atoms with E-state index in [9.17, 15) is 13.6 Å². The lowest BCUT2D eigenvalue weighted by molar-refractivity contribution is 0.0935. The van der Waals surface area contributed by atoms with E-state index < -0.39 is 11.6 Å². The van der Waals surface area contributed by atoms with Crippen LogP contribution in [0.5, 0.6) is 0 Å². The number of carbonyl (C=O) groups excluding carboxylic acids is 1. The Bertz CT molecular complexity index is 764. The molecule has 4 nitrogen and oxygen atoms in total. The van der Waals surface area contributed by atoms with Crippen molar-refractivity contribution in [3.8, 4) is 10.6 Å². The van der Waals surface area contributed by atoms with E-state index in [1.807, 2.05) is 0 Å². The van der Waals surface area contributed by atoms with Gasteiger partial charge >= 0.3 is 0 Å². The average molecular weight is 335 g/mol. The SMILES string of the molecule is O=C(N[C@@H]1C[C@H]2CC[C@@H]1N2)c1cnc(-c2ccc(F)c(F)c2)s1. The van der Waals surface area contributed by atoms with Crippen LogP contribution >= 0.6 is 11.3 Å². The zero-order valence-electron chi connectivity index (χ0n) is 12.2. The summed E-state index contributed by atoms with van der Waals surface area (Å²) in [6.07, 6.45) is 4.72. The molecule has 23 heavy (non-hydrogen) atoms. The highest BCUT2D eigenvalue weighted by Crippen LogP contribution is 2.30. The lowest BCUT2D eigenvalue weighted by Crippen LogP contribution is -2.42. The van der Waals surface area contributed by atoms with Gasteiger partial charge in [-0.2, -0.15) is 0 Å². The number of rotatable bonds is 3. The fourth-order valence-corrected chi connectivity index (χ4v) is 4.18. The summed E-state index contributed by atoms with van der Waals surface area (Å²) in [4.78, 5) is 17.0. The third-order valence-corrected chi connectivity index (χ3v) is 5.56. The second-order valence-corrected chi connectivity index (χ2v) is 7.05. The number of aromatic nitrogens is 1. The van der Waals surface area contributed by atoms with Gasteiger partial charge in [-0.25, -0.2) is 13.8 Å². The summed E-state index contributed by atoms with van der Waals surface area (Å²) < 4.78 is 26.3. The average Bonchev–Trinajstić information content (AvgIpc) is 3.25. The molecule has 0 spiro atoms. The van der Waals surface area contributed by atoms with Crippen LogP contribution in [0, 0.1) is 11.6 Å². The largest absolute Gasteiger partial charge is 0.347 e. The molecule has 2 saturated heterocycles. The van der Waals surface area contributed by atoms with Crippen LogP contribution in [-0.2, 0) is 0 Å². The van der Waals surface area contributed by atoms with Gasteiger partial charge in [0.15, 0.2) is 11.6 Å². The Morgan fingerprint density at radius 2 is 2.17 bits per heavy atom. The van der Waals surface area contributed by atoms with E-state index in [1.165, 1.54) is 30.0 Å². The number of amides is 1. The van der Waals surface area contributed by atoms with Crippen molar-refractivity contribution in [3.05, 3.63) is 40.9 Å². The molecule has 0 aliphatic carbocycles. The molecule has 2 bridgehead atoms. The lowest BCUT2D eigenvalue weighted by Gasteiger charge is -2.20. The van der Waals surface area contributed by atoms with Gasteiger partial charge in [-0.3, -0.25) is 4.79 Å². The Kier molecular flexibility index (Phi) is 3.61. The van der Waals surface area contributed by atoms with Crippen LogP contribution in [0.1, 0.15) is 28.9 Å². The van der Waals surface area contributed by atoms with Gasteiger partial charge in [-0.1, -0.05) is 0 Å². The molecule has 7 heteroatoms. The minimum Gasteiger partial charge on any atom is -0.347 e. The molecule has 2 aliphatic heterocycles. The highest BCUT2D eigenvalue weighted by atomic mass is 32.1. The third-order valence-electron chi connectivity index (χ3n) is 4.51. The zero-order chi connectivity index (χ0) is 16.0. The molecule has 2 aromatic rings. The minimum atomic E-state index is -0.920. The first-order valence-corrected chi connectivity index (χ1v) is 8.40. The van der Waals surface area contributed by atoms with Gasteiger partial charge in [-0.15, -0.1) is 11.3 Å². The molecular formula is C16H15F2N3OS. The van der Waals surface area contributed by atoms with Crippen molar-refractivity contribution in [3.63, 3.8) is 0 Å². The summed E-state index contributed by atoms with van der Waals surface area (Å²) >= 11 is 1.18. The van der Waals surface area contributed by atoms with Crippen molar-refractivity contribution in [1.29, 1.82) is 0 Å². The Morgan fingerprint density at radius 1 is 1.30 bits per heavy atom. The maximum Gasteiger partial charge on any atom is 0.263 e. The predicted molar refractivity (Wildman–Crippen MR) is 83.3 cm³/mol. The van der Waals surface area contributed by atoms with Crippen LogP contribution in [0.25, 0.3) is 10.6 Å². The van der Waals surface area contributed by atoms with Gasteiger partial charge in [0.05, 0.1) is 6.20 Å². The van der Waals surface area contributed by atoms with E-state index in [0.717, 1.165) is 25.0 Å². The molecule has 4 rings (SSSR count). The minimum absolute atomic E-state index is 0.157. The molecule has 0 saturated carbocycles. The second kappa shape index (κ2) is 5.65. The van der Waals surface area contributed by atoms with Crippen LogP contribution < -0.4 is 10.6 Å². The summed E-state index contributed by atoms with van der Waals surface area (Å²) in [6.45, 7) is 0. The van der Waals surface area contributed by atoms with Crippen molar-refractivity contribution >= 4 is 17.2 Å². The summed E-state index contributed by atoms with van der Waals surface area (Å²) in [6, 6.07) is 4.66. The Labute approximate surface area is 135 Å². The van der Waals surface area contributed by atoms with Gasteiger partial charge in [-0.05, 0) is 37.5 Å². The number of carbonyl (C=O) groups is 1. The highest BCUT2D eigenvalue weighted by Gasteiger charge is 2.39. The van der Waals surface area contributed by atoms with E-state index in [0.29, 0.717) is 27.5 Å². The fraction of sp³-hybridized carbons (Fsp3) is 0.375. The molecule has 1 aromatic heterocycles. The lowest BCUT2D eigenvalue weighted by atomic mass is 9.95. The standard InChI is InChI=1S/C16H15F2N3OS/c17-10-3-1-8(5-11(10)18)16-19-7-14(23-16)15(22)21-13-6-9-2-4-12(13)20-9/h1,3,5,7,9,12-13,20H,2,4,6H2,(H,21,22)/t9-,12+,13-/m1/s1. The number of hydrogen-bond acceptors (Lipinski definition) is 4. The smallest absolute Gasteiger partial charge is 0.263 e. The fourth-order valence-electron chi connectivity index (χ4n) is 3.36. The molecule has 3 atom stereocenters. The molecule has 2 aliphatic rings. The molecule has 1 aromatic carbocycles. The zero-order valence-corrected chi connectivity index (χ0v) is 13.0. The van der Waals surface area contributed by atoms with Gasteiger partial charge in [0.1, 0.15) is 9.88 Å². The number of nitrogens with one attached hydrogen (secondary N) is 2. The predicted octanol–water partition coefficient (Wildman–Crippen LogP) is 2.71. The number of fused-ring (bicyclic) bond motifs is 2. The van der Waals surface area contributed by atoms with Gasteiger partial charge < -0.3 is 10.6 Å². The number of thiazole rings is 1. The third kappa shape index (κ3) is 2.74. The van der Waals surface area contributed by atoms with Crippen molar-refractivity contribution in [2.75, 3.05) is 0 Å². The van der Waals surface area contributed by atoms with E-state index in [-0.39, 0.29) is 11.9 Å². The quantitative estimate of drug-likeness (QED) is 0.907. The monoisotopic (exact) mass is 335 g/mol. The van der Waals surface area contributed by atoms with Crippen molar-refractivity contribution in [2.24, 2.45) is 0 Å². The second-order valence-electron chi connectivity index (χ2n) is 6.02. The number of hydrogen-bond donors (Lipinski definition) is 2. The molecular weight excluding hydrogens is 320 g/mol.